The van der Waals surface area contributed by atoms with Crippen LogP contribution in [-0.4, -0.2) is 0 Å². The van der Waals surface area contributed by atoms with Gasteiger partial charge in [0.2, 0.25) is 0 Å². The van der Waals surface area contributed by atoms with Gasteiger partial charge in [-0.15, -0.1) is 0 Å². The third-order valence-electron chi connectivity index (χ3n) is 9.41. The second-order valence-corrected chi connectivity index (χ2v) is 11.4. The molecule has 0 heterocycles. The molecular weight excluding hydrogens is 372 g/mol. The van der Waals surface area contributed by atoms with Gasteiger partial charge in [-0.05, 0) is 105 Å². The van der Waals surface area contributed by atoms with Crippen molar-refractivity contribution in [3.8, 4) is 0 Å². The second-order valence-electron chi connectivity index (χ2n) is 11.4. The summed E-state index contributed by atoms with van der Waals surface area (Å²) in [6.07, 6.45) is 24.7. The molecule has 176 valence electrons. The number of benzene rings is 1. The summed E-state index contributed by atoms with van der Waals surface area (Å²) in [5.41, 5.74) is 5.44. The fraction of sp³-hybridized carbons (Fsp3) is 0.806. The molecule has 31 heavy (non-hydrogen) atoms. The lowest BCUT2D eigenvalue weighted by Crippen LogP contribution is -2.36. The van der Waals surface area contributed by atoms with Gasteiger partial charge in [0.1, 0.15) is 0 Å². The molecule has 0 radical (unpaired) electrons. The summed E-state index contributed by atoms with van der Waals surface area (Å²) in [5, 5.41) is 0. The summed E-state index contributed by atoms with van der Waals surface area (Å²) in [6, 6.07) is 7.46. The van der Waals surface area contributed by atoms with E-state index in [-0.39, 0.29) is 0 Å². The fourth-order valence-corrected chi connectivity index (χ4v) is 7.20. The molecule has 2 aliphatic rings. The zero-order chi connectivity index (χ0) is 22.1. The van der Waals surface area contributed by atoms with E-state index in [2.05, 4.69) is 45.9 Å². The molecule has 3 rings (SSSR count). The summed E-state index contributed by atoms with van der Waals surface area (Å²) in [4.78, 5) is 0. The van der Waals surface area contributed by atoms with Crippen molar-refractivity contribution < 1.29 is 0 Å². The molecule has 1 aromatic carbocycles. The molecule has 0 aliphatic heterocycles. The molecule has 0 amide bonds. The topological polar surface area (TPSA) is 0 Å². The first-order valence-electron chi connectivity index (χ1n) is 14.2. The highest BCUT2D eigenvalue weighted by Gasteiger charge is 2.41. The average molecular weight is 425 g/mol. The predicted molar refractivity (Wildman–Crippen MR) is 138 cm³/mol. The monoisotopic (exact) mass is 424 g/mol. The van der Waals surface area contributed by atoms with Crippen molar-refractivity contribution in [3.05, 3.63) is 34.9 Å². The summed E-state index contributed by atoms with van der Waals surface area (Å²) in [7, 11) is 0. The smallest absolute Gasteiger partial charge is 0.0162 e. The molecule has 2 saturated carbocycles. The van der Waals surface area contributed by atoms with E-state index in [1.54, 1.807) is 24.0 Å². The van der Waals surface area contributed by atoms with Crippen LogP contribution in [0.15, 0.2) is 18.2 Å². The molecule has 0 heteroatoms. The molecule has 0 N–H and O–H groups in total. The van der Waals surface area contributed by atoms with Gasteiger partial charge in [-0.2, -0.15) is 0 Å². The van der Waals surface area contributed by atoms with Crippen molar-refractivity contribution in [1.29, 1.82) is 0 Å². The Balaban J connectivity index is 1.57. The van der Waals surface area contributed by atoms with Gasteiger partial charge in [-0.3, -0.25) is 0 Å². The lowest BCUT2D eigenvalue weighted by atomic mass is 9.58. The minimum Gasteiger partial charge on any atom is -0.0654 e. The SMILES string of the molecule is CCCCCc1ccc(C(C)C2CCC(C3(CCCCC)CCCCC3)CC2)cc1C. The Hall–Kier alpha value is -0.780. The van der Waals surface area contributed by atoms with Gasteiger partial charge in [-0.25, -0.2) is 0 Å². The van der Waals surface area contributed by atoms with Gasteiger partial charge >= 0.3 is 0 Å². The first-order valence-corrected chi connectivity index (χ1v) is 14.2. The van der Waals surface area contributed by atoms with E-state index in [1.165, 1.54) is 102 Å². The summed E-state index contributed by atoms with van der Waals surface area (Å²) >= 11 is 0. The molecule has 0 bridgehead atoms. The summed E-state index contributed by atoms with van der Waals surface area (Å²) in [6.45, 7) is 9.53. The Morgan fingerprint density at radius 1 is 0.871 bits per heavy atom. The maximum absolute atomic E-state index is 2.53. The van der Waals surface area contributed by atoms with Crippen molar-refractivity contribution in [2.45, 2.75) is 143 Å². The third kappa shape index (κ3) is 6.61. The predicted octanol–water partition coefficient (Wildman–Crippen LogP) is 10.2. The van der Waals surface area contributed by atoms with Crippen molar-refractivity contribution in [3.63, 3.8) is 0 Å². The lowest BCUT2D eigenvalue weighted by molar-refractivity contribution is 0.0409. The summed E-state index contributed by atoms with van der Waals surface area (Å²) < 4.78 is 0. The van der Waals surface area contributed by atoms with Crippen LogP contribution < -0.4 is 0 Å². The van der Waals surface area contributed by atoms with Crippen LogP contribution in [0.25, 0.3) is 0 Å². The van der Waals surface area contributed by atoms with Gasteiger partial charge < -0.3 is 0 Å². The first kappa shape index (κ1) is 24.9. The van der Waals surface area contributed by atoms with Crippen LogP contribution in [0, 0.1) is 24.2 Å². The van der Waals surface area contributed by atoms with Crippen LogP contribution in [0.1, 0.15) is 146 Å². The molecule has 2 aliphatic carbocycles. The van der Waals surface area contributed by atoms with Gasteiger partial charge in [0.25, 0.3) is 0 Å². The molecule has 0 saturated heterocycles. The van der Waals surface area contributed by atoms with Crippen LogP contribution in [-0.2, 0) is 6.42 Å². The Morgan fingerprint density at radius 2 is 1.55 bits per heavy atom. The van der Waals surface area contributed by atoms with E-state index >= 15 is 0 Å². The minimum absolute atomic E-state index is 0.721. The molecule has 1 unspecified atom stereocenters. The summed E-state index contributed by atoms with van der Waals surface area (Å²) in [5.74, 6) is 2.65. The zero-order valence-corrected chi connectivity index (χ0v) is 21.5. The van der Waals surface area contributed by atoms with Crippen LogP contribution in [0.5, 0.6) is 0 Å². The van der Waals surface area contributed by atoms with E-state index in [1.807, 2.05) is 0 Å². The maximum Gasteiger partial charge on any atom is -0.0162 e. The van der Waals surface area contributed by atoms with Crippen LogP contribution in [0.3, 0.4) is 0 Å². The quantitative estimate of drug-likeness (QED) is 0.310. The van der Waals surface area contributed by atoms with E-state index in [9.17, 15) is 0 Å². The molecule has 2 fully saturated rings. The van der Waals surface area contributed by atoms with Crippen LogP contribution in [0.2, 0.25) is 0 Å². The third-order valence-corrected chi connectivity index (χ3v) is 9.41. The normalized spacial score (nSPS) is 24.8. The standard InChI is InChI=1S/C31H52/c1-5-7-10-14-27-15-16-29(24-25(27)3)26(4)28-17-19-30(20-18-28)31(21-11-8-6-2)22-12-9-13-23-31/h15-16,24,26,28,30H,5-14,17-23H2,1-4H3. The lowest BCUT2D eigenvalue weighted by Gasteiger charge is -2.47. The zero-order valence-electron chi connectivity index (χ0n) is 21.5. The second kappa shape index (κ2) is 12.5. The van der Waals surface area contributed by atoms with Crippen molar-refractivity contribution >= 4 is 0 Å². The van der Waals surface area contributed by atoms with Crippen LogP contribution >= 0.6 is 0 Å². The highest BCUT2D eigenvalue weighted by Crippen LogP contribution is 2.53. The van der Waals surface area contributed by atoms with E-state index < -0.39 is 0 Å². The van der Waals surface area contributed by atoms with Gasteiger partial charge in [0.05, 0.1) is 0 Å². The van der Waals surface area contributed by atoms with Crippen molar-refractivity contribution in [2.75, 3.05) is 0 Å². The number of aryl methyl sites for hydroxylation is 2. The van der Waals surface area contributed by atoms with Crippen molar-refractivity contribution in [1.82, 2.24) is 0 Å². The van der Waals surface area contributed by atoms with E-state index in [4.69, 9.17) is 0 Å². The Bertz CT molecular complexity index is 627. The number of unbranched alkanes of at least 4 members (excludes halogenated alkanes) is 4. The Labute approximate surface area is 195 Å². The maximum atomic E-state index is 2.53. The molecular formula is C31H52. The highest BCUT2D eigenvalue weighted by atomic mass is 14.5. The molecule has 1 atom stereocenters. The van der Waals surface area contributed by atoms with Crippen molar-refractivity contribution in [2.24, 2.45) is 17.3 Å². The Morgan fingerprint density at radius 3 is 2.19 bits per heavy atom. The molecule has 0 aromatic heterocycles. The van der Waals surface area contributed by atoms with Gasteiger partial charge in [0, 0.05) is 0 Å². The Kier molecular flexibility index (Phi) is 9.99. The number of hydrogen-bond donors (Lipinski definition) is 0. The minimum atomic E-state index is 0.721. The first-order chi connectivity index (χ1) is 15.1. The molecule has 0 nitrogen and oxygen atoms in total. The number of hydrogen-bond acceptors (Lipinski definition) is 0. The van der Waals surface area contributed by atoms with E-state index in [0.29, 0.717) is 0 Å². The van der Waals surface area contributed by atoms with Gasteiger partial charge in [0.15, 0.2) is 0 Å². The van der Waals surface area contributed by atoms with Gasteiger partial charge in [-0.1, -0.05) is 90.3 Å². The average Bonchev–Trinajstić information content (AvgIpc) is 2.80. The largest absolute Gasteiger partial charge is 0.0654 e. The fourth-order valence-electron chi connectivity index (χ4n) is 7.20. The highest BCUT2D eigenvalue weighted by molar-refractivity contribution is 5.33. The van der Waals surface area contributed by atoms with Crippen LogP contribution in [0.4, 0.5) is 0 Å². The molecule has 1 aromatic rings. The number of rotatable bonds is 11. The molecule has 0 spiro atoms. The van der Waals surface area contributed by atoms with E-state index in [0.717, 1.165) is 23.2 Å².